The Morgan fingerprint density at radius 2 is 2.40 bits per heavy atom. The van der Waals surface area contributed by atoms with Crippen LogP contribution in [0, 0.1) is 12.3 Å². The molecular formula is C7H13NO2. The molecule has 0 radical (unpaired) electrons. The summed E-state index contributed by atoms with van der Waals surface area (Å²) in [6.07, 6.45) is 5.25. The SMILES string of the molecule is C#CC[C@H](OC)[C@H](N)CO. The second kappa shape index (κ2) is 5.24. The first kappa shape index (κ1) is 9.44. The molecule has 0 aromatic heterocycles. The zero-order valence-electron chi connectivity index (χ0n) is 6.08. The summed E-state index contributed by atoms with van der Waals surface area (Å²) in [5, 5.41) is 8.59. The summed E-state index contributed by atoms with van der Waals surface area (Å²) in [5.41, 5.74) is 5.44. The smallest absolute Gasteiger partial charge is 0.0853 e. The third-order valence-corrected chi connectivity index (χ3v) is 1.31. The molecule has 3 heteroatoms. The highest BCUT2D eigenvalue weighted by Crippen LogP contribution is 1.99. The molecule has 2 atom stereocenters. The van der Waals surface area contributed by atoms with Crippen molar-refractivity contribution in [2.75, 3.05) is 13.7 Å². The Morgan fingerprint density at radius 3 is 2.70 bits per heavy atom. The molecule has 10 heavy (non-hydrogen) atoms. The maximum absolute atomic E-state index is 8.59. The summed E-state index contributed by atoms with van der Waals surface area (Å²) in [6.45, 7) is -0.0970. The topological polar surface area (TPSA) is 55.5 Å². The van der Waals surface area contributed by atoms with E-state index in [1.54, 1.807) is 0 Å². The third kappa shape index (κ3) is 2.83. The molecule has 0 fully saturated rings. The highest BCUT2D eigenvalue weighted by molar-refractivity contribution is 4.90. The van der Waals surface area contributed by atoms with Gasteiger partial charge in [-0.2, -0.15) is 0 Å². The molecule has 3 nitrogen and oxygen atoms in total. The molecule has 0 bridgehead atoms. The molecule has 0 rings (SSSR count). The van der Waals surface area contributed by atoms with Gasteiger partial charge in [0.25, 0.3) is 0 Å². The first-order chi connectivity index (χ1) is 4.76. The van der Waals surface area contributed by atoms with E-state index < -0.39 is 0 Å². The summed E-state index contributed by atoms with van der Waals surface area (Å²) in [6, 6.07) is -0.374. The van der Waals surface area contributed by atoms with Gasteiger partial charge in [-0.05, 0) is 0 Å². The van der Waals surface area contributed by atoms with Gasteiger partial charge in [-0.25, -0.2) is 0 Å². The summed E-state index contributed by atoms with van der Waals surface area (Å²) >= 11 is 0. The van der Waals surface area contributed by atoms with Gasteiger partial charge in [0.1, 0.15) is 0 Å². The first-order valence-corrected chi connectivity index (χ1v) is 3.09. The van der Waals surface area contributed by atoms with Crippen molar-refractivity contribution < 1.29 is 9.84 Å². The summed E-state index contributed by atoms with van der Waals surface area (Å²) in [7, 11) is 1.53. The molecule has 0 amide bonds. The molecule has 3 N–H and O–H groups in total. The van der Waals surface area contributed by atoms with E-state index in [1.165, 1.54) is 7.11 Å². The number of ether oxygens (including phenoxy) is 1. The summed E-state index contributed by atoms with van der Waals surface area (Å²) in [4.78, 5) is 0. The van der Waals surface area contributed by atoms with E-state index in [1.807, 2.05) is 0 Å². The number of terminal acetylenes is 1. The molecule has 0 unspecified atom stereocenters. The van der Waals surface area contributed by atoms with Crippen molar-refractivity contribution in [3.63, 3.8) is 0 Å². The molecule has 0 saturated heterocycles. The normalized spacial score (nSPS) is 15.8. The van der Waals surface area contributed by atoms with Gasteiger partial charge in [0.2, 0.25) is 0 Å². The van der Waals surface area contributed by atoms with Gasteiger partial charge in [-0.1, -0.05) is 0 Å². The van der Waals surface area contributed by atoms with Gasteiger partial charge in [0, 0.05) is 13.5 Å². The zero-order valence-corrected chi connectivity index (χ0v) is 6.08. The van der Waals surface area contributed by atoms with Crippen LogP contribution >= 0.6 is 0 Å². The molecule has 0 aliphatic heterocycles. The van der Waals surface area contributed by atoms with E-state index >= 15 is 0 Å². The maximum Gasteiger partial charge on any atom is 0.0853 e. The van der Waals surface area contributed by atoms with Gasteiger partial charge in [0.05, 0.1) is 18.8 Å². The maximum atomic E-state index is 8.59. The van der Waals surface area contributed by atoms with Crippen molar-refractivity contribution in [2.24, 2.45) is 5.73 Å². The largest absolute Gasteiger partial charge is 0.395 e. The van der Waals surface area contributed by atoms with Crippen molar-refractivity contribution in [3.8, 4) is 12.3 Å². The predicted molar refractivity (Wildman–Crippen MR) is 39.3 cm³/mol. The average molecular weight is 143 g/mol. The van der Waals surface area contributed by atoms with Crippen molar-refractivity contribution in [3.05, 3.63) is 0 Å². The fraction of sp³-hybridized carbons (Fsp3) is 0.714. The predicted octanol–water partition coefficient (Wildman–Crippen LogP) is -0.656. The lowest BCUT2D eigenvalue weighted by Gasteiger charge is -2.17. The van der Waals surface area contributed by atoms with E-state index in [4.69, 9.17) is 22.0 Å². The molecule has 0 saturated carbocycles. The van der Waals surface area contributed by atoms with Gasteiger partial charge in [-0.15, -0.1) is 12.3 Å². The van der Waals surface area contributed by atoms with Crippen LogP contribution in [0.15, 0.2) is 0 Å². The lowest BCUT2D eigenvalue weighted by molar-refractivity contribution is 0.0633. The highest BCUT2D eigenvalue weighted by Gasteiger charge is 2.13. The molecule has 0 heterocycles. The molecule has 0 aromatic carbocycles. The fourth-order valence-electron chi connectivity index (χ4n) is 0.643. The molecular weight excluding hydrogens is 130 g/mol. The van der Waals surface area contributed by atoms with Crippen LogP contribution in [-0.2, 0) is 4.74 Å². The lowest BCUT2D eigenvalue weighted by atomic mass is 10.1. The van der Waals surface area contributed by atoms with E-state index in [2.05, 4.69) is 5.92 Å². The zero-order chi connectivity index (χ0) is 7.98. The van der Waals surface area contributed by atoms with Gasteiger partial charge in [0.15, 0.2) is 0 Å². The Hall–Kier alpha value is -0.560. The Balaban J connectivity index is 3.70. The number of rotatable bonds is 4. The first-order valence-electron chi connectivity index (χ1n) is 3.09. The van der Waals surface area contributed by atoms with Gasteiger partial charge >= 0.3 is 0 Å². The van der Waals surface area contributed by atoms with Crippen LogP contribution < -0.4 is 5.73 Å². The number of aliphatic hydroxyl groups excluding tert-OH is 1. The monoisotopic (exact) mass is 143 g/mol. The van der Waals surface area contributed by atoms with Crippen molar-refractivity contribution in [1.82, 2.24) is 0 Å². The quantitative estimate of drug-likeness (QED) is 0.514. The van der Waals surface area contributed by atoms with E-state index in [-0.39, 0.29) is 18.8 Å². The Bertz CT molecular complexity index is 119. The molecule has 0 aromatic rings. The van der Waals surface area contributed by atoms with Crippen LogP contribution in [0.1, 0.15) is 6.42 Å². The molecule has 0 spiro atoms. The van der Waals surface area contributed by atoms with Crippen LogP contribution in [0.2, 0.25) is 0 Å². The second-order valence-electron chi connectivity index (χ2n) is 2.03. The van der Waals surface area contributed by atoms with Crippen LogP contribution in [-0.4, -0.2) is 31.0 Å². The molecule has 58 valence electrons. The molecule has 0 aliphatic rings. The lowest BCUT2D eigenvalue weighted by Crippen LogP contribution is -2.38. The highest BCUT2D eigenvalue weighted by atomic mass is 16.5. The minimum absolute atomic E-state index is 0.0970. The Labute approximate surface area is 61.2 Å². The number of methoxy groups -OCH3 is 1. The van der Waals surface area contributed by atoms with Crippen molar-refractivity contribution >= 4 is 0 Å². The minimum atomic E-state index is -0.374. The minimum Gasteiger partial charge on any atom is -0.395 e. The van der Waals surface area contributed by atoms with E-state index in [9.17, 15) is 0 Å². The van der Waals surface area contributed by atoms with Crippen LogP contribution in [0.4, 0.5) is 0 Å². The second-order valence-corrected chi connectivity index (χ2v) is 2.03. The summed E-state index contributed by atoms with van der Waals surface area (Å²) < 4.78 is 4.92. The fourth-order valence-corrected chi connectivity index (χ4v) is 0.643. The Kier molecular flexibility index (Phi) is 4.95. The molecule has 0 aliphatic carbocycles. The van der Waals surface area contributed by atoms with Gasteiger partial charge in [-0.3, -0.25) is 0 Å². The number of hydrogen-bond donors (Lipinski definition) is 2. The standard InChI is InChI=1S/C7H13NO2/c1-3-4-7(10-2)6(8)5-9/h1,6-7,9H,4-5,8H2,2H3/t6-,7+/m1/s1. The van der Waals surface area contributed by atoms with Crippen molar-refractivity contribution in [2.45, 2.75) is 18.6 Å². The van der Waals surface area contributed by atoms with Crippen LogP contribution in [0.5, 0.6) is 0 Å². The van der Waals surface area contributed by atoms with Crippen molar-refractivity contribution in [1.29, 1.82) is 0 Å². The van der Waals surface area contributed by atoms with Crippen LogP contribution in [0.25, 0.3) is 0 Å². The Morgan fingerprint density at radius 1 is 1.80 bits per heavy atom. The summed E-state index contributed by atoms with van der Waals surface area (Å²) in [5.74, 6) is 2.42. The number of aliphatic hydroxyl groups is 1. The van der Waals surface area contributed by atoms with Crippen LogP contribution in [0.3, 0.4) is 0 Å². The number of nitrogens with two attached hydrogens (primary N) is 1. The van der Waals surface area contributed by atoms with Gasteiger partial charge < -0.3 is 15.6 Å². The van der Waals surface area contributed by atoms with E-state index in [0.29, 0.717) is 6.42 Å². The number of hydrogen-bond acceptors (Lipinski definition) is 3. The third-order valence-electron chi connectivity index (χ3n) is 1.31. The average Bonchev–Trinajstić information content (AvgIpc) is 1.99. The van der Waals surface area contributed by atoms with E-state index in [0.717, 1.165) is 0 Å².